The molecule has 0 aromatic rings. The third-order valence-corrected chi connectivity index (χ3v) is 2.29. The van der Waals surface area contributed by atoms with Gasteiger partial charge in [-0.25, -0.2) is 0 Å². The van der Waals surface area contributed by atoms with Crippen LogP contribution >= 0.6 is 0 Å². The Kier molecular flexibility index (Phi) is 3.30. The Labute approximate surface area is 68.5 Å². The lowest BCUT2D eigenvalue weighted by molar-refractivity contribution is 0.114. The first kappa shape index (κ1) is 8.97. The number of rotatable bonds is 3. The summed E-state index contributed by atoms with van der Waals surface area (Å²) in [5.41, 5.74) is 5.78. The molecule has 1 heterocycles. The van der Waals surface area contributed by atoms with Crippen LogP contribution in [0, 0.1) is 0 Å². The number of hydrogen-bond donors (Lipinski definition) is 1. The monoisotopic (exact) mass is 158 g/mol. The summed E-state index contributed by atoms with van der Waals surface area (Å²) in [5.74, 6) is 0. The van der Waals surface area contributed by atoms with Crippen LogP contribution in [0.25, 0.3) is 0 Å². The van der Waals surface area contributed by atoms with E-state index in [-0.39, 0.29) is 0 Å². The van der Waals surface area contributed by atoms with Crippen molar-refractivity contribution in [3.05, 3.63) is 0 Å². The van der Waals surface area contributed by atoms with Gasteiger partial charge in [-0.1, -0.05) is 0 Å². The van der Waals surface area contributed by atoms with E-state index in [1.165, 1.54) is 0 Å². The quantitative estimate of drug-likeness (QED) is 0.631. The maximum atomic E-state index is 5.78. The van der Waals surface area contributed by atoms with E-state index in [4.69, 9.17) is 10.5 Å². The highest BCUT2D eigenvalue weighted by Gasteiger charge is 2.22. The van der Waals surface area contributed by atoms with E-state index in [2.05, 4.69) is 11.8 Å². The first-order valence-electron chi connectivity index (χ1n) is 4.22. The first-order chi connectivity index (χ1) is 5.24. The Morgan fingerprint density at radius 2 is 2.45 bits per heavy atom. The van der Waals surface area contributed by atoms with Crippen LogP contribution in [0.15, 0.2) is 0 Å². The van der Waals surface area contributed by atoms with Gasteiger partial charge in [0, 0.05) is 32.3 Å². The average Bonchev–Trinajstić information content (AvgIpc) is 2.36. The van der Waals surface area contributed by atoms with Crippen molar-refractivity contribution >= 4 is 0 Å². The third kappa shape index (κ3) is 2.43. The van der Waals surface area contributed by atoms with Crippen molar-refractivity contribution in [3.63, 3.8) is 0 Å². The highest BCUT2D eigenvalue weighted by molar-refractivity contribution is 4.81. The second-order valence-corrected chi connectivity index (χ2v) is 3.35. The molecule has 1 saturated heterocycles. The Morgan fingerprint density at radius 3 is 2.91 bits per heavy atom. The fourth-order valence-electron chi connectivity index (χ4n) is 1.56. The minimum atomic E-state index is 0.384. The highest BCUT2D eigenvalue weighted by Crippen LogP contribution is 2.10. The molecule has 3 nitrogen and oxygen atoms in total. The molecule has 2 atom stereocenters. The van der Waals surface area contributed by atoms with Crippen LogP contribution in [0.5, 0.6) is 0 Å². The van der Waals surface area contributed by atoms with Gasteiger partial charge in [0.2, 0.25) is 0 Å². The molecular weight excluding hydrogens is 140 g/mol. The molecule has 0 amide bonds. The number of nitrogens with zero attached hydrogens (tertiary/aromatic N) is 1. The van der Waals surface area contributed by atoms with Gasteiger partial charge in [-0.3, -0.25) is 4.90 Å². The molecule has 2 unspecified atom stereocenters. The Morgan fingerprint density at radius 1 is 1.73 bits per heavy atom. The van der Waals surface area contributed by atoms with Gasteiger partial charge < -0.3 is 10.5 Å². The first-order valence-corrected chi connectivity index (χ1v) is 4.22. The van der Waals surface area contributed by atoms with Crippen molar-refractivity contribution in [2.24, 2.45) is 5.73 Å². The zero-order valence-corrected chi connectivity index (χ0v) is 7.42. The molecule has 0 saturated carbocycles. The van der Waals surface area contributed by atoms with Crippen LogP contribution in [-0.4, -0.2) is 43.8 Å². The highest BCUT2D eigenvalue weighted by atomic mass is 16.5. The van der Waals surface area contributed by atoms with Crippen LogP contribution in [0.4, 0.5) is 0 Å². The summed E-state index contributed by atoms with van der Waals surface area (Å²) in [6.45, 7) is 5.16. The number of likely N-dealkylation sites (tertiary alicyclic amines) is 1. The summed E-state index contributed by atoms with van der Waals surface area (Å²) >= 11 is 0. The SMILES string of the molecule is COCC(C)N1CCC(N)C1. The molecular formula is C8H18N2O. The molecule has 1 aliphatic heterocycles. The number of nitrogens with two attached hydrogens (primary N) is 1. The summed E-state index contributed by atoms with van der Waals surface area (Å²) in [6.07, 6.45) is 1.13. The number of hydrogen-bond acceptors (Lipinski definition) is 3. The normalized spacial score (nSPS) is 29.2. The second-order valence-electron chi connectivity index (χ2n) is 3.35. The lowest BCUT2D eigenvalue weighted by Crippen LogP contribution is -2.36. The molecule has 0 radical (unpaired) electrons. The molecule has 2 N–H and O–H groups in total. The standard InChI is InChI=1S/C8H18N2O/c1-7(6-11-2)10-4-3-8(9)5-10/h7-8H,3-6,9H2,1-2H3. The van der Waals surface area contributed by atoms with Crippen molar-refractivity contribution in [2.45, 2.75) is 25.4 Å². The molecule has 66 valence electrons. The average molecular weight is 158 g/mol. The molecule has 0 aliphatic carbocycles. The maximum Gasteiger partial charge on any atom is 0.0615 e. The van der Waals surface area contributed by atoms with Crippen LogP contribution in [0.2, 0.25) is 0 Å². The van der Waals surface area contributed by atoms with E-state index in [9.17, 15) is 0 Å². The van der Waals surface area contributed by atoms with E-state index >= 15 is 0 Å². The Balaban J connectivity index is 2.25. The Bertz CT molecular complexity index is 119. The molecule has 0 bridgehead atoms. The van der Waals surface area contributed by atoms with Crippen LogP contribution in [0.1, 0.15) is 13.3 Å². The molecule has 1 aliphatic rings. The fraction of sp³-hybridized carbons (Fsp3) is 1.00. The lowest BCUT2D eigenvalue weighted by atomic mass is 10.3. The maximum absolute atomic E-state index is 5.78. The predicted molar refractivity (Wildman–Crippen MR) is 45.5 cm³/mol. The smallest absolute Gasteiger partial charge is 0.0615 e. The predicted octanol–water partition coefficient (Wildman–Crippen LogP) is 0.0543. The van der Waals surface area contributed by atoms with Gasteiger partial charge in [-0.05, 0) is 13.3 Å². The lowest BCUT2D eigenvalue weighted by Gasteiger charge is -2.22. The summed E-state index contributed by atoms with van der Waals surface area (Å²) in [6, 6.07) is 0.905. The minimum Gasteiger partial charge on any atom is -0.383 e. The van der Waals surface area contributed by atoms with E-state index in [0.29, 0.717) is 12.1 Å². The largest absolute Gasteiger partial charge is 0.383 e. The van der Waals surface area contributed by atoms with E-state index in [1.54, 1.807) is 7.11 Å². The van der Waals surface area contributed by atoms with Gasteiger partial charge in [-0.2, -0.15) is 0 Å². The van der Waals surface area contributed by atoms with Gasteiger partial charge in [0.1, 0.15) is 0 Å². The van der Waals surface area contributed by atoms with Crippen molar-refractivity contribution in [1.82, 2.24) is 4.90 Å². The number of methoxy groups -OCH3 is 1. The van der Waals surface area contributed by atoms with Gasteiger partial charge in [0.05, 0.1) is 6.61 Å². The van der Waals surface area contributed by atoms with E-state index in [1.807, 2.05) is 0 Å². The summed E-state index contributed by atoms with van der Waals surface area (Å²) in [5, 5.41) is 0. The third-order valence-electron chi connectivity index (χ3n) is 2.29. The molecule has 1 fully saturated rings. The molecule has 0 aromatic carbocycles. The van der Waals surface area contributed by atoms with Crippen molar-refractivity contribution in [1.29, 1.82) is 0 Å². The van der Waals surface area contributed by atoms with Crippen LogP contribution in [-0.2, 0) is 4.74 Å². The molecule has 0 aromatic heterocycles. The fourth-order valence-corrected chi connectivity index (χ4v) is 1.56. The van der Waals surface area contributed by atoms with Gasteiger partial charge in [0.15, 0.2) is 0 Å². The van der Waals surface area contributed by atoms with Gasteiger partial charge >= 0.3 is 0 Å². The number of ether oxygens (including phenoxy) is 1. The minimum absolute atomic E-state index is 0.384. The van der Waals surface area contributed by atoms with E-state index in [0.717, 1.165) is 26.1 Å². The van der Waals surface area contributed by atoms with E-state index < -0.39 is 0 Å². The molecule has 0 spiro atoms. The molecule has 3 heteroatoms. The topological polar surface area (TPSA) is 38.5 Å². The second kappa shape index (κ2) is 4.04. The summed E-state index contributed by atoms with van der Waals surface area (Å²) < 4.78 is 5.07. The van der Waals surface area contributed by atoms with Crippen LogP contribution < -0.4 is 5.73 Å². The van der Waals surface area contributed by atoms with Crippen molar-refractivity contribution < 1.29 is 4.74 Å². The zero-order chi connectivity index (χ0) is 8.27. The zero-order valence-electron chi connectivity index (χ0n) is 7.42. The van der Waals surface area contributed by atoms with Gasteiger partial charge in [0.25, 0.3) is 0 Å². The Hall–Kier alpha value is -0.120. The van der Waals surface area contributed by atoms with Crippen molar-refractivity contribution in [3.8, 4) is 0 Å². The summed E-state index contributed by atoms with van der Waals surface area (Å²) in [7, 11) is 1.74. The van der Waals surface area contributed by atoms with Gasteiger partial charge in [-0.15, -0.1) is 0 Å². The molecule has 11 heavy (non-hydrogen) atoms. The van der Waals surface area contributed by atoms with Crippen LogP contribution in [0.3, 0.4) is 0 Å². The molecule has 1 rings (SSSR count). The van der Waals surface area contributed by atoms with Crippen molar-refractivity contribution in [2.75, 3.05) is 26.8 Å². The summed E-state index contributed by atoms with van der Waals surface area (Å²) in [4.78, 5) is 2.38.